The first-order chi connectivity index (χ1) is 17.3. The summed E-state index contributed by atoms with van der Waals surface area (Å²) in [5.74, 6) is 0.105. The second-order valence-electron chi connectivity index (χ2n) is 8.55. The molecule has 0 aromatic carbocycles. The van der Waals surface area contributed by atoms with Crippen LogP contribution in [0.15, 0.2) is 54.5 Å². The third-order valence-corrected chi connectivity index (χ3v) is 6.02. The lowest BCUT2D eigenvalue weighted by Gasteiger charge is -2.30. The maximum Gasteiger partial charge on any atom is 0.281 e. The molecule has 0 aliphatic heterocycles. The molecule has 0 radical (unpaired) electrons. The SMILES string of the molecule is N/C(C(=O)NC1CCC(Nc2cccc3nc(C(F)F)cn23)CC1)=C(/NCC(F)F)c1ccccn1. The van der Waals surface area contributed by atoms with E-state index in [1.807, 2.05) is 0 Å². The third-order valence-electron chi connectivity index (χ3n) is 6.02. The summed E-state index contributed by atoms with van der Waals surface area (Å²) >= 11 is 0. The van der Waals surface area contributed by atoms with E-state index in [4.69, 9.17) is 5.73 Å². The van der Waals surface area contributed by atoms with E-state index in [1.165, 1.54) is 12.4 Å². The number of imidazole rings is 1. The van der Waals surface area contributed by atoms with Crippen molar-refractivity contribution in [1.29, 1.82) is 0 Å². The van der Waals surface area contributed by atoms with Crippen LogP contribution in [0.4, 0.5) is 23.4 Å². The van der Waals surface area contributed by atoms with Crippen LogP contribution in [0.5, 0.6) is 0 Å². The van der Waals surface area contributed by atoms with Crippen molar-refractivity contribution in [2.75, 3.05) is 11.9 Å². The van der Waals surface area contributed by atoms with Crippen molar-refractivity contribution in [2.45, 2.75) is 50.6 Å². The normalized spacial score (nSPS) is 18.8. The number of carbonyl (C=O) groups is 1. The number of amides is 1. The Labute approximate surface area is 205 Å². The van der Waals surface area contributed by atoms with Crippen LogP contribution in [-0.4, -0.2) is 45.3 Å². The minimum atomic E-state index is -2.65. The van der Waals surface area contributed by atoms with Gasteiger partial charge in [-0.2, -0.15) is 0 Å². The van der Waals surface area contributed by atoms with Gasteiger partial charge in [-0.15, -0.1) is 0 Å². The summed E-state index contributed by atoms with van der Waals surface area (Å²) in [5.41, 5.74) is 6.34. The van der Waals surface area contributed by atoms with Gasteiger partial charge in [0.25, 0.3) is 18.8 Å². The number of carbonyl (C=O) groups excluding carboxylic acids is 1. The Morgan fingerprint density at radius 1 is 1.06 bits per heavy atom. The van der Waals surface area contributed by atoms with Gasteiger partial charge in [0.2, 0.25) is 0 Å². The van der Waals surface area contributed by atoms with E-state index in [-0.39, 0.29) is 29.2 Å². The van der Waals surface area contributed by atoms with Crippen LogP contribution in [0, 0.1) is 0 Å². The predicted molar refractivity (Wildman–Crippen MR) is 127 cm³/mol. The molecule has 1 saturated carbocycles. The molecule has 5 N–H and O–H groups in total. The van der Waals surface area contributed by atoms with Crippen molar-refractivity contribution in [3.05, 3.63) is 65.9 Å². The van der Waals surface area contributed by atoms with E-state index in [9.17, 15) is 22.4 Å². The van der Waals surface area contributed by atoms with Crippen LogP contribution < -0.4 is 21.7 Å². The highest BCUT2D eigenvalue weighted by molar-refractivity contribution is 5.99. The van der Waals surface area contributed by atoms with Crippen molar-refractivity contribution in [1.82, 2.24) is 25.0 Å². The van der Waals surface area contributed by atoms with Crippen LogP contribution in [0.2, 0.25) is 0 Å². The zero-order chi connectivity index (χ0) is 25.7. The first kappa shape index (κ1) is 25.3. The van der Waals surface area contributed by atoms with E-state index < -0.39 is 25.3 Å². The Bertz CT molecular complexity index is 1210. The number of pyridine rings is 2. The van der Waals surface area contributed by atoms with Gasteiger partial charge in [0, 0.05) is 24.5 Å². The molecule has 8 nitrogen and oxygen atoms in total. The quantitative estimate of drug-likeness (QED) is 0.261. The summed E-state index contributed by atoms with van der Waals surface area (Å²) in [6.07, 6.45) is 0.280. The molecular formula is C24H27F4N7O. The highest BCUT2D eigenvalue weighted by Gasteiger charge is 2.25. The molecule has 192 valence electrons. The fraction of sp³-hybridized carbons (Fsp3) is 0.375. The van der Waals surface area contributed by atoms with Crippen molar-refractivity contribution in [2.24, 2.45) is 5.73 Å². The molecule has 1 aliphatic carbocycles. The molecule has 3 aromatic rings. The molecule has 1 amide bonds. The standard InChI is InChI=1S/C24H27F4N7O/c25-18(26)12-31-22(16-4-1-2-11-30-16)21(29)24(36)33-15-9-7-14(8-10-15)32-19-5-3-6-20-34-17(23(27)28)13-35(19)20/h1-6,11,13-15,18,23,31-32H,7-10,12,29H2,(H,33,36)/b22-21+. The van der Waals surface area contributed by atoms with Crippen LogP contribution in [-0.2, 0) is 4.79 Å². The average Bonchev–Trinajstić information content (AvgIpc) is 3.32. The van der Waals surface area contributed by atoms with Gasteiger partial charge in [0.1, 0.15) is 22.9 Å². The lowest BCUT2D eigenvalue weighted by molar-refractivity contribution is -0.118. The number of rotatable bonds is 9. The maximum atomic E-state index is 13.0. The Morgan fingerprint density at radius 2 is 1.81 bits per heavy atom. The summed E-state index contributed by atoms with van der Waals surface area (Å²) in [6.45, 7) is -0.668. The number of fused-ring (bicyclic) bond motifs is 1. The van der Waals surface area contributed by atoms with Crippen molar-refractivity contribution in [3.8, 4) is 0 Å². The number of halogens is 4. The molecule has 4 rings (SSSR count). The zero-order valence-corrected chi connectivity index (χ0v) is 19.3. The lowest BCUT2D eigenvalue weighted by atomic mass is 9.91. The van der Waals surface area contributed by atoms with Gasteiger partial charge in [-0.25, -0.2) is 22.5 Å². The summed E-state index contributed by atoms with van der Waals surface area (Å²) in [5, 5.41) is 8.79. The fourth-order valence-corrected chi connectivity index (χ4v) is 4.23. The lowest BCUT2D eigenvalue weighted by Crippen LogP contribution is -2.42. The Morgan fingerprint density at radius 3 is 2.47 bits per heavy atom. The predicted octanol–water partition coefficient (Wildman–Crippen LogP) is 3.69. The van der Waals surface area contributed by atoms with Crippen molar-refractivity contribution >= 4 is 23.1 Å². The number of nitrogens with zero attached hydrogens (tertiary/aromatic N) is 3. The molecule has 1 fully saturated rings. The monoisotopic (exact) mass is 505 g/mol. The second-order valence-corrected chi connectivity index (χ2v) is 8.55. The van der Waals surface area contributed by atoms with E-state index >= 15 is 0 Å². The van der Waals surface area contributed by atoms with Gasteiger partial charge < -0.3 is 21.7 Å². The summed E-state index contributed by atoms with van der Waals surface area (Å²) in [6, 6.07) is 10.1. The van der Waals surface area contributed by atoms with Gasteiger partial charge in [-0.1, -0.05) is 12.1 Å². The van der Waals surface area contributed by atoms with Crippen LogP contribution >= 0.6 is 0 Å². The summed E-state index contributed by atoms with van der Waals surface area (Å²) in [7, 11) is 0. The molecule has 3 heterocycles. The average molecular weight is 506 g/mol. The number of hydrogen-bond acceptors (Lipinski definition) is 6. The van der Waals surface area contributed by atoms with Gasteiger partial charge in [-0.3, -0.25) is 14.2 Å². The first-order valence-electron chi connectivity index (χ1n) is 11.6. The molecule has 0 saturated heterocycles. The highest BCUT2D eigenvalue weighted by atomic mass is 19.3. The van der Waals surface area contributed by atoms with Crippen LogP contribution in [0.25, 0.3) is 11.3 Å². The summed E-state index contributed by atoms with van der Waals surface area (Å²) in [4.78, 5) is 20.9. The number of nitrogens with one attached hydrogen (secondary N) is 3. The smallest absolute Gasteiger partial charge is 0.281 e. The minimum Gasteiger partial charge on any atom is -0.393 e. The fourth-order valence-electron chi connectivity index (χ4n) is 4.23. The Hall–Kier alpha value is -3.83. The largest absolute Gasteiger partial charge is 0.393 e. The number of hydrogen-bond donors (Lipinski definition) is 4. The molecule has 36 heavy (non-hydrogen) atoms. The van der Waals surface area contributed by atoms with Crippen molar-refractivity contribution < 1.29 is 22.4 Å². The Balaban J connectivity index is 1.37. The van der Waals surface area contributed by atoms with Gasteiger partial charge >= 0.3 is 0 Å². The number of nitrogens with two attached hydrogens (primary N) is 1. The first-order valence-corrected chi connectivity index (χ1v) is 11.6. The molecule has 0 unspecified atom stereocenters. The van der Waals surface area contributed by atoms with Gasteiger partial charge in [0.15, 0.2) is 0 Å². The number of anilines is 1. The van der Waals surface area contributed by atoms with Crippen LogP contribution in [0.3, 0.4) is 0 Å². The molecule has 0 bridgehead atoms. The third kappa shape index (κ3) is 6.04. The highest BCUT2D eigenvalue weighted by Crippen LogP contribution is 2.25. The second kappa shape index (κ2) is 11.3. The molecule has 1 aliphatic rings. The summed E-state index contributed by atoms with van der Waals surface area (Å²) < 4.78 is 53.2. The van der Waals surface area contributed by atoms with Crippen LogP contribution in [0.1, 0.15) is 43.5 Å². The number of aromatic nitrogens is 3. The number of alkyl halides is 4. The molecular weight excluding hydrogens is 478 g/mol. The molecule has 12 heteroatoms. The topological polar surface area (TPSA) is 109 Å². The van der Waals surface area contributed by atoms with E-state index in [1.54, 1.807) is 40.8 Å². The molecule has 0 spiro atoms. The van der Waals surface area contributed by atoms with Gasteiger partial charge in [0.05, 0.1) is 17.9 Å². The van der Waals surface area contributed by atoms with E-state index in [0.717, 1.165) is 12.8 Å². The van der Waals surface area contributed by atoms with E-state index in [2.05, 4.69) is 25.9 Å². The van der Waals surface area contributed by atoms with E-state index in [0.29, 0.717) is 30.0 Å². The minimum absolute atomic E-state index is 0.0559. The molecule has 3 aromatic heterocycles. The zero-order valence-electron chi connectivity index (χ0n) is 19.3. The maximum absolute atomic E-state index is 13.0. The Kier molecular flexibility index (Phi) is 7.91. The van der Waals surface area contributed by atoms with Gasteiger partial charge in [-0.05, 0) is 49.9 Å². The van der Waals surface area contributed by atoms with Crippen molar-refractivity contribution in [3.63, 3.8) is 0 Å². The molecule has 0 atom stereocenters.